The van der Waals surface area contributed by atoms with E-state index in [0.717, 1.165) is 31.1 Å². The van der Waals surface area contributed by atoms with Crippen molar-refractivity contribution < 1.29 is 0 Å². The molecule has 0 aliphatic rings. The summed E-state index contributed by atoms with van der Waals surface area (Å²) in [6, 6.07) is 6.16. The van der Waals surface area contributed by atoms with E-state index < -0.39 is 0 Å². The molecule has 0 aliphatic carbocycles. The van der Waals surface area contributed by atoms with Crippen LogP contribution in [0.5, 0.6) is 0 Å². The molecule has 3 nitrogen and oxygen atoms in total. The smallest absolute Gasteiger partial charge is 0.0426 e. The number of hydrogen-bond acceptors (Lipinski definition) is 3. The van der Waals surface area contributed by atoms with E-state index in [2.05, 4.69) is 69.2 Å². The Bertz CT molecular complexity index is 438. The molecule has 0 amide bonds. The van der Waals surface area contributed by atoms with Crippen LogP contribution in [0.2, 0.25) is 5.02 Å². The van der Waals surface area contributed by atoms with Gasteiger partial charge >= 0.3 is 0 Å². The van der Waals surface area contributed by atoms with Crippen LogP contribution in [0.4, 0.5) is 5.69 Å². The summed E-state index contributed by atoms with van der Waals surface area (Å²) < 4.78 is 0. The van der Waals surface area contributed by atoms with Crippen molar-refractivity contribution in [3.63, 3.8) is 0 Å². The van der Waals surface area contributed by atoms with E-state index >= 15 is 0 Å². The summed E-state index contributed by atoms with van der Waals surface area (Å²) in [5.41, 5.74) is 2.63. The second kappa shape index (κ2) is 8.02. The first-order valence-corrected chi connectivity index (χ1v) is 7.96. The molecule has 0 atom stereocenters. The van der Waals surface area contributed by atoms with Crippen LogP contribution in [0.25, 0.3) is 0 Å². The summed E-state index contributed by atoms with van der Waals surface area (Å²) in [7, 11) is 6.36. The predicted molar refractivity (Wildman–Crippen MR) is 94.5 cm³/mol. The van der Waals surface area contributed by atoms with Crippen molar-refractivity contribution in [2.75, 3.05) is 39.1 Å². The van der Waals surface area contributed by atoms with Crippen LogP contribution in [-0.2, 0) is 6.54 Å². The Morgan fingerprint density at radius 3 is 2.33 bits per heavy atom. The van der Waals surface area contributed by atoms with Gasteiger partial charge in [0.25, 0.3) is 0 Å². The van der Waals surface area contributed by atoms with E-state index in [1.807, 2.05) is 6.07 Å². The highest BCUT2D eigenvalue weighted by Crippen LogP contribution is 2.25. The molecule has 0 spiro atoms. The van der Waals surface area contributed by atoms with Crippen molar-refractivity contribution in [2.24, 2.45) is 0 Å². The quantitative estimate of drug-likeness (QED) is 0.830. The van der Waals surface area contributed by atoms with Crippen molar-refractivity contribution >= 4 is 17.3 Å². The van der Waals surface area contributed by atoms with Crippen molar-refractivity contribution in [1.82, 2.24) is 10.2 Å². The molecule has 1 N–H and O–H groups in total. The minimum Gasteiger partial charge on any atom is -0.374 e. The van der Waals surface area contributed by atoms with Gasteiger partial charge in [0.1, 0.15) is 0 Å². The third-order valence-corrected chi connectivity index (χ3v) is 3.60. The van der Waals surface area contributed by atoms with Gasteiger partial charge in [-0.1, -0.05) is 17.7 Å². The molecule has 21 heavy (non-hydrogen) atoms. The number of anilines is 1. The maximum atomic E-state index is 6.18. The third kappa shape index (κ3) is 7.16. The number of hydrogen-bond donors (Lipinski definition) is 1. The van der Waals surface area contributed by atoms with E-state index in [0.29, 0.717) is 0 Å². The minimum atomic E-state index is 0.112. The van der Waals surface area contributed by atoms with Crippen LogP contribution in [0.15, 0.2) is 18.2 Å². The number of benzene rings is 1. The summed E-state index contributed by atoms with van der Waals surface area (Å²) in [5.74, 6) is 0. The van der Waals surface area contributed by atoms with Crippen LogP contribution in [0.3, 0.4) is 0 Å². The number of nitrogens with zero attached hydrogens (tertiary/aromatic N) is 2. The van der Waals surface area contributed by atoms with Gasteiger partial charge in [0, 0.05) is 36.4 Å². The average molecular weight is 312 g/mol. The second-order valence-electron chi connectivity index (χ2n) is 6.95. The molecule has 0 aliphatic heterocycles. The van der Waals surface area contributed by atoms with Gasteiger partial charge in [0.2, 0.25) is 0 Å². The monoisotopic (exact) mass is 311 g/mol. The predicted octanol–water partition coefficient (Wildman–Crippen LogP) is 3.62. The molecule has 0 bridgehead atoms. The number of nitrogens with one attached hydrogen (secondary N) is 1. The van der Waals surface area contributed by atoms with E-state index in [1.54, 1.807) is 0 Å². The summed E-state index contributed by atoms with van der Waals surface area (Å²) in [4.78, 5) is 4.52. The maximum absolute atomic E-state index is 6.18. The first-order chi connectivity index (χ1) is 9.69. The van der Waals surface area contributed by atoms with Crippen molar-refractivity contribution in [3.05, 3.63) is 28.8 Å². The lowest BCUT2D eigenvalue weighted by atomic mass is 10.1. The molecule has 1 aromatic rings. The molecule has 0 saturated heterocycles. The van der Waals surface area contributed by atoms with Crippen LogP contribution in [0, 0.1) is 0 Å². The summed E-state index contributed by atoms with van der Waals surface area (Å²) in [5, 5.41) is 4.34. The highest BCUT2D eigenvalue weighted by Gasteiger charge is 2.13. The molecule has 120 valence electrons. The zero-order valence-corrected chi connectivity index (χ0v) is 15.1. The number of rotatable bonds is 7. The van der Waals surface area contributed by atoms with Gasteiger partial charge in [-0.3, -0.25) is 0 Å². The van der Waals surface area contributed by atoms with Gasteiger partial charge in [0.05, 0.1) is 0 Å². The van der Waals surface area contributed by atoms with Gasteiger partial charge in [-0.05, 0) is 65.5 Å². The molecule has 1 rings (SSSR count). The van der Waals surface area contributed by atoms with E-state index in [4.69, 9.17) is 11.6 Å². The van der Waals surface area contributed by atoms with Crippen LogP contribution < -0.4 is 10.2 Å². The van der Waals surface area contributed by atoms with Crippen LogP contribution in [0.1, 0.15) is 32.8 Å². The van der Waals surface area contributed by atoms with Gasteiger partial charge < -0.3 is 15.1 Å². The third-order valence-electron chi connectivity index (χ3n) is 3.37. The van der Waals surface area contributed by atoms with Crippen molar-refractivity contribution in [2.45, 2.75) is 39.3 Å². The molecule has 1 aromatic carbocycles. The van der Waals surface area contributed by atoms with E-state index in [1.165, 1.54) is 11.3 Å². The Kier molecular flexibility index (Phi) is 6.98. The fourth-order valence-electron chi connectivity index (χ4n) is 2.15. The number of halogens is 1. The standard InChI is InChI=1S/C17H30ClN3/c1-17(2,3)19-13-14-8-9-15(18)12-16(14)21(6)11-7-10-20(4)5/h8-9,12,19H,7,10-11,13H2,1-6H3. The molecule has 0 unspecified atom stereocenters. The van der Waals surface area contributed by atoms with Gasteiger partial charge in [-0.15, -0.1) is 0 Å². The van der Waals surface area contributed by atoms with Crippen LogP contribution in [-0.4, -0.2) is 44.7 Å². The van der Waals surface area contributed by atoms with Crippen molar-refractivity contribution in [1.29, 1.82) is 0 Å². The fraction of sp³-hybridized carbons (Fsp3) is 0.647. The Balaban J connectivity index is 2.76. The maximum Gasteiger partial charge on any atom is 0.0426 e. The molecular weight excluding hydrogens is 282 g/mol. The summed E-state index contributed by atoms with van der Waals surface area (Å²) in [6.45, 7) is 9.53. The lowest BCUT2D eigenvalue weighted by molar-refractivity contribution is 0.401. The highest BCUT2D eigenvalue weighted by atomic mass is 35.5. The molecule has 4 heteroatoms. The van der Waals surface area contributed by atoms with Crippen LogP contribution >= 0.6 is 11.6 Å². The van der Waals surface area contributed by atoms with Gasteiger partial charge in [-0.25, -0.2) is 0 Å². The first kappa shape index (κ1) is 18.3. The Morgan fingerprint density at radius 2 is 1.76 bits per heavy atom. The Hall–Kier alpha value is -0.770. The summed E-state index contributed by atoms with van der Waals surface area (Å²) >= 11 is 6.18. The molecular formula is C17H30ClN3. The zero-order valence-electron chi connectivity index (χ0n) is 14.3. The fourth-order valence-corrected chi connectivity index (χ4v) is 2.31. The Morgan fingerprint density at radius 1 is 1.10 bits per heavy atom. The molecule has 0 fully saturated rings. The lowest BCUT2D eigenvalue weighted by Crippen LogP contribution is -2.35. The Labute approximate surface area is 135 Å². The van der Waals surface area contributed by atoms with E-state index in [-0.39, 0.29) is 5.54 Å². The normalized spacial score (nSPS) is 12.0. The SMILES string of the molecule is CN(C)CCCN(C)c1cc(Cl)ccc1CNC(C)(C)C. The molecule has 0 aromatic heterocycles. The zero-order chi connectivity index (χ0) is 16.0. The first-order valence-electron chi connectivity index (χ1n) is 7.58. The minimum absolute atomic E-state index is 0.112. The topological polar surface area (TPSA) is 18.5 Å². The van der Waals surface area contributed by atoms with Crippen molar-refractivity contribution in [3.8, 4) is 0 Å². The van der Waals surface area contributed by atoms with E-state index in [9.17, 15) is 0 Å². The lowest BCUT2D eigenvalue weighted by Gasteiger charge is -2.26. The van der Waals surface area contributed by atoms with Gasteiger partial charge in [-0.2, -0.15) is 0 Å². The molecule has 0 radical (unpaired) electrons. The molecule has 0 heterocycles. The largest absolute Gasteiger partial charge is 0.374 e. The highest BCUT2D eigenvalue weighted by molar-refractivity contribution is 6.30. The van der Waals surface area contributed by atoms with Gasteiger partial charge in [0.15, 0.2) is 0 Å². The summed E-state index contributed by atoms with van der Waals surface area (Å²) in [6.07, 6.45) is 1.14. The second-order valence-corrected chi connectivity index (χ2v) is 7.39. The average Bonchev–Trinajstić information content (AvgIpc) is 2.35. The molecule has 0 saturated carbocycles.